The Balaban J connectivity index is 2.65. The van der Waals surface area contributed by atoms with E-state index in [0.717, 1.165) is 0 Å². The maximum atomic E-state index is 10.2. The second-order valence-electron chi connectivity index (χ2n) is 2.26. The predicted octanol–water partition coefficient (Wildman–Crippen LogP) is 0.362. The van der Waals surface area contributed by atoms with Gasteiger partial charge in [-0.1, -0.05) is 24.8 Å². The lowest BCUT2D eigenvalue weighted by atomic mass is 10.3. The molecule has 1 rings (SSSR count). The Morgan fingerprint density at radius 3 is 2.42 bits per heavy atom. The molecule has 1 N–H and O–H groups in total. The number of hydrogen-bond donors (Lipinski definition) is 1. The summed E-state index contributed by atoms with van der Waals surface area (Å²) in [5.74, 6) is -1.29. The van der Waals surface area contributed by atoms with Gasteiger partial charge in [0.15, 0.2) is 0 Å². The van der Waals surface area contributed by atoms with Gasteiger partial charge in [0.25, 0.3) is 0 Å². The van der Waals surface area contributed by atoms with E-state index in [9.17, 15) is 9.90 Å². The molecule has 1 aromatic carbocycles. The Kier molecular flexibility index (Phi) is 2.48. The minimum Gasteiger partial charge on any atom is -0.543 e. The number of carboxylic acid groups (broad SMARTS) is 1. The third kappa shape index (κ3) is 2.12. The summed E-state index contributed by atoms with van der Waals surface area (Å²) in [6.45, 7) is 3.28. The molecule has 0 saturated heterocycles. The van der Waals surface area contributed by atoms with Gasteiger partial charge in [0.1, 0.15) is 0 Å². The van der Waals surface area contributed by atoms with Gasteiger partial charge in [-0.25, -0.2) is 0 Å². The van der Waals surface area contributed by atoms with Gasteiger partial charge < -0.3 is 15.2 Å². The molecule has 0 bridgehead atoms. The molecule has 3 heteroatoms. The molecule has 62 valence electrons. The fourth-order valence-corrected chi connectivity index (χ4v) is 0.747. The summed E-state index contributed by atoms with van der Waals surface area (Å²) in [5, 5.41) is 12.8. The van der Waals surface area contributed by atoms with Crippen LogP contribution in [0.15, 0.2) is 42.6 Å². The number of hydrogen-bond acceptors (Lipinski definition) is 3. The van der Waals surface area contributed by atoms with Crippen LogP contribution in [0.5, 0.6) is 0 Å². The topological polar surface area (TPSA) is 52.2 Å². The van der Waals surface area contributed by atoms with E-state index in [1.807, 2.05) is 6.07 Å². The Bertz CT molecular complexity index is 293. The van der Waals surface area contributed by atoms with Gasteiger partial charge in [-0.15, -0.1) is 0 Å². The van der Waals surface area contributed by atoms with Gasteiger partial charge in [0.2, 0.25) is 0 Å². The molecule has 0 radical (unpaired) electrons. The number of carbonyl (C=O) groups excluding carboxylic acids is 1. The van der Waals surface area contributed by atoms with Gasteiger partial charge in [0, 0.05) is 5.69 Å². The van der Waals surface area contributed by atoms with Gasteiger partial charge in [-0.05, 0) is 12.1 Å². The van der Waals surface area contributed by atoms with Crippen molar-refractivity contribution < 1.29 is 9.90 Å². The Hall–Kier alpha value is -1.77. The second kappa shape index (κ2) is 3.57. The van der Waals surface area contributed by atoms with Crippen molar-refractivity contribution in [2.45, 2.75) is 0 Å². The van der Waals surface area contributed by atoms with Gasteiger partial charge in [-0.3, -0.25) is 0 Å². The molecule has 0 aliphatic heterocycles. The van der Waals surface area contributed by atoms with Gasteiger partial charge in [0.05, 0.1) is 11.7 Å². The van der Waals surface area contributed by atoms with Crippen molar-refractivity contribution in [3.05, 3.63) is 42.6 Å². The molecule has 12 heavy (non-hydrogen) atoms. The smallest absolute Gasteiger partial charge is 0.0872 e. The zero-order valence-electron chi connectivity index (χ0n) is 6.41. The number of carbonyl (C=O) groups is 1. The number of rotatable bonds is 3. The first kappa shape index (κ1) is 8.33. The average molecular weight is 162 g/mol. The maximum Gasteiger partial charge on any atom is 0.0872 e. The molecule has 0 fully saturated rings. The summed E-state index contributed by atoms with van der Waals surface area (Å²) in [4.78, 5) is 10.2. The van der Waals surface area contributed by atoms with Crippen LogP contribution in [0.4, 0.5) is 5.69 Å². The number of anilines is 1. The second-order valence-corrected chi connectivity index (χ2v) is 2.26. The third-order valence-electron chi connectivity index (χ3n) is 1.32. The van der Waals surface area contributed by atoms with Crippen LogP contribution in [0, 0.1) is 0 Å². The zero-order chi connectivity index (χ0) is 8.97. The van der Waals surface area contributed by atoms with Crippen molar-refractivity contribution in [2.75, 3.05) is 5.32 Å². The summed E-state index contributed by atoms with van der Waals surface area (Å²) in [6, 6.07) is 8.92. The number of nitrogens with one attached hydrogen (secondary N) is 1. The van der Waals surface area contributed by atoms with E-state index in [2.05, 4.69) is 11.9 Å². The summed E-state index contributed by atoms with van der Waals surface area (Å²) >= 11 is 0. The minimum atomic E-state index is -1.29. The van der Waals surface area contributed by atoms with E-state index < -0.39 is 5.97 Å². The van der Waals surface area contributed by atoms with E-state index in [0.29, 0.717) is 5.69 Å². The molecular formula is C9H8NO2-. The highest BCUT2D eigenvalue weighted by Crippen LogP contribution is 2.06. The molecule has 0 aromatic heterocycles. The predicted molar refractivity (Wildman–Crippen MR) is 44.2 cm³/mol. The standard InChI is InChI=1S/C9H9NO2/c1-7(9(11)12)10-8-5-3-2-4-6-8/h2-6,10H,1H2,(H,11,12)/p-1. The van der Waals surface area contributed by atoms with Crippen molar-refractivity contribution in [3.63, 3.8) is 0 Å². The fraction of sp³-hybridized carbons (Fsp3) is 0. The molecule has 0 aliphatic rings. The van der Waals surface area contributed by atoms with Crippen LogP contribution in [0.2, 0.25) is 0 Å². The maximum absolute atomic E-state index is 10.2. The van der Waals surface area contributed by atoms with Crippen molar-refractivity contribution in [3.8, 4) is 0 Å². The lowest BCUT2D eigenvalue weighted by molar-refractivity contribution is -0.299. The van der Waals surface area contributed by atoms with Crippen molar-refractivity contribution >= 4 is 11.7 Å². The molecule has 1 aromatic rings. The van der Waals surface area contributed by atoms with Crippen molar-refractivity contribution in [1.82, 2.24) is 0 Å². The Labute approximate surface area is 70.3 Å². The van der Waals surface area contributed by atoms with E-state index in [1.165, 1.54) is 0 Å². The molecular weight excluding hydrogens is 154 g/mol. The first-order valence-corrected chi connectivity index (χ1v) is 3.42. The van der Waals surface area contributed by atoms with E-state index in [-0.39, 0.29) is 5.70 Å². The molecule has 3 nitrogen and oxygen atoms in total. The van der Waals surface area contributed by atoms with Crippen molar-refractivity contribution in [2.24, 2.45) is 0 Å². The third-order valence-corrected chi connectivity index (χ3v) is 1.32. The molecule has 0 spiro atoms. The van der Waals surface area contributed by atoms with Crippen LogP contribution in [-0.4, -0.2) is 5.97 Å². The van der Waals surface area contributed by atoms with Crippen LogP contribution in [0.1, 0.15) is 0 Å². The summed E-state index contributed by atoms with van der Waals surface area (Å²) in [5.41, 5.74) is 0.549. The van der Waals surface area contributed by atoms with Crippen LogP contribution < -0.4 is 10.4 Å². The molecule has 0 aliphatic carbocycles. The lowest BCUT2D eigenvalue weighted by Gasteiger charge is -2.08. The monoisotopic (exact) mass is 162 g/mol. The first-order valence-electron chi connectivity index (χ1n) is 3.42. The van der Waals surface area contributed by atoms with Crippen LogP contribution in [0.3, 0.4) is 0 Å². The highest BCUT2D eigenvalue weighted by atomic mass is 16.4. The number of carboxylic acids is 1. The van der Waals surface area contributed by atoms with E-state index in [4.69, 9.17) is 0 Å². The zero-order valence-corrected chi connectivity index (χ0v) is 6.41. The first-order chi connectivity index (χ1) is 5.70. The highest BCUT2D eigenvalue weighted by molar-refractivity contribution is 5.87. The average Bonchev–Trinajstić information content (AvgIpc) is 2.06. The summed E-state index contributed by atoms with van der Waals surface area (Å²) < 4.78 is 0. The normalized spacial score (nSPS) is 9.00. The number of aliphatic carboxylic acids is 1. The lowest BCUT2D eigenvalue weighted by Crippen LogP contribution is -2.27. The van der Waals surface area contributed by atoms with E-state index >= 15 is 0 Å². The fourth-order valence-electron chi connectivity index (χ4n) is 0.747. The largest absolute Gasteiger partial charge is 0.543 e. The molecule has 0 atom stereocenters. The number of benzene rings is 1. The summed E-state index contributed by atoms with van der Waals surface area (Å²) in [7, 11) is 0. The molecule has 0 unspecified atom stereocenters. The molecule has 0 heterocycles. The van der Waals surface area contributed by atoms with Crippen molar-refractivity contribution in [1.29, 1.82) is 0 Å². The van der Waals surface area contributed by atoms with E-state index in [1.54, 1.807) is 24.3 Å². The van der Waals surface area contributed by atoms with Gasteiger partial charge in [-0.2, -0.15) is 0 Å². The van der Waals surface area contributed by atoms with Crippen LogP contribution in [-0.2, 0) is 4.79 Å². The highest BCUT2D eigenvalue weighted by Gasteiger charge is 1.93. The van der Waals surface area contributed by atoms with Crippen LogP contribution >= 0.6 is 0 Å². The summed E-state index contributed by atoms with van der Waals surface area (Å²) in [6.07, 6.45) is 0. The molecule has 0 saturated carbocycles. The SMILES string of the molecule is C=C(Nc1ccccc1)C(=O)[O-]. The number of para-hydroxylation sites is 1. The van der Waals surface area contributed by atoms with Crippen LogP contribution in [0.25, 0.3) is 0 Å². The molecule has 0 amide bonds. The minimum absolute atomic E-state index is 0.138. The Morgan fingerprint density at radius 1 is 1.33 bits per heavy atom. The van der Waals surface area contributed by atoms with Gasteiger partial charge >= 0.3 is 0 Å². The quantitative estimate of drug-likeness (QED) is 0.653. The Morgan fingerprint density at radius 2 is 1.92 bits per heavy atom.